The third kappa shape index (κ3) is 3.95. The average Bonchev–Trinajstić information content (AvgIpc) is 3.07. The summed E-state index contributed by atoms with van der Waals surface area (Å²) in [6, 6.07) is 2.48. The number of halogens is 2. The Balaban J connectivity index is 2.25. The molecule has 1 aromatic rings. The smallest absolute Gasteiger partial charge is 0.257 e. The van der Waals surface area contributed by atoms with Gasteiger partial charge in [0.2, 0.25) is 5.91 Å². The van der Waals surface area contributed by atoms with Gasteiger partial charge in [-0.15, -0.1) is 0 Å². The van der Waals surface area contributed by atoms with E-state index >= 15 is 0 Å². The van der Waals surface area contributed by atoms with Crippen LogP contribution in [0, 0.1) is 5.92 Å². The van der Waals surface area contributed by atoms with Crippen LogP contribution in [-0.2, 0) is 4.79 Å². The van der Waals surface area contributed by atoms with E-state index in [1.807, 2.05) is 13.8 Å². The molecule has 1 fully saturated rings. The number of nitrogens with one attached hydrogen (secondary N) is 1. The van der Waals surface area contributed by atoms with E-state index in [9.17, 15) is 9.59 Å². The Labute approximate surface area is 152 Å². The zero-order chi connectivity index (χ0) is 17.9. The molecule has 132 valence electrons. The Bertz CT molecular complexity index is 629. The van der Waals surface area contributed by atoms with E-state index in [2.05, 4.69) is 5.32 Å². The summed E-state index contributed by atoms with van der Waals surface area (Å²) in [7, 11) is 1.42. The van der Waals surface area contributed by atoms with Gasteiger partial charge in [-0.2, -0.15) is 0 Å². The molecule has 0 aliphatic carbocycles. The molecule has 1 atom stereocenters. The number of hydrogen-bond acceptors (Lipinski definition) is 3. The minimum atomic E-state index is -0.615. The van der Waals surface area contributed by atoms with Crippen LogP contribution in [0.4, 0.5) is 0 Å². The Morgan fingerprint density at radius 2 is 1.75 bits per heavy atom. The van der Waals surface area contributed by atoms with Crippen molar-refractivity contribution in [3.63, 3.8) is 0 Å². The molecule has 0 bridgehead atoms. The quantitative estimate of drug-likeness (QED) is 0.861. The highest BCUT2D eigenvalue weighted by Crippen LogP contribution is 2.34. The van der Waals surface area contributed by atoms with Gasteiger partial charge in [0.25, 0.3) is 5.91 Å². The van der Waals surface area contributed by atoms with Crippen LogP contribution in [0.1, 0.15) is 37.0 Å². The van der Waals surface area contributed by atoms with E-state index < -0.39 is 11.9 Å². The van der Waals surface area contributed by atoms with Gasteiger partial charge in [0, 0.05) is 13.1 Å². The maximum Gasteiger partial charge on any atom is 0.257 e. The molecule has 0 radical (unpaired) electrons. The number of methoxy groups -OCH3 is 1. The van der Waals surface area contributed by atoms with Crippen LogP contribution in [0.3, 0.4) is 0 Å². The topological polar surface area (TPSA) is 58.6 Å². The summed E-state index contributed by atoms with van der Waals surface area (Å²) in [6.45, 7) is 5.27. The number of hydrogen-bond donors (Lipinski definition) is 1. The molecule has 1 aliphatic heterocycles. The second kappa shape index (κ2) is 8.08. The van der Waals surface area contributed by atoms with E-state index in [4.69, 9.17) is 27.9 Å². The van der Waals surface area contributed by atoms with E-state index in [0.717, 1.165) is 25.9 Å². The summed E-state index contributed by atoms with van der Waals surface area (Å²) in [4.78, 5) is 27.2. The van der Waals surface area contributed by atoms with E-state index in [-0.39, 0.29) is 28.2 Å². The van der Waals surface area contributed by atoms with Crippen LogP contribution >= 0.6 is 23.2 Å². The fourth-order valence-electron chi connectivity index (χ4n) is 2.81. The van der Waals surface area contributed by atoms with Crippen molar-refractivity contribution < 1.29 is 14.3 Å². The van der Waals surface area contributed by atoms with Gasteiger partial charge in [-0.05, 0) is 30.9 Å². The van der Waals surface area contributed by atoms with Crippen molar-refractivity contribution in [1.82, 2.24) is 10.2 Å². The average molecular weight is 373 g/mol. The minimum absolute atomic E-state index is 0.0500. The van der Waals surface area contributed by atoms with Crippen LogP contribution in [0.15, 0.2) is 12.1 Å². The first-order chi connectivity index (χ1) is 11.4. The number of benzene rings is 1. The molecule has 0 saturated carbocycles. The van der Waals surface area contributed by atoms with Crippen molar-refractivity contribution in [2.24, 2.45) is 5.92 Å². The van der Waals surface area contributed by atoms with Crippen LogP contribution in [0.2, 0.25) is 10.0 Å². The van der Waals surface area contributed by atoms with Crippen molar-refractivity contribution in [3.8, 4) is 5.75 Å². The first-order valence-corrected chi connectivity index (χ1v) is 8.74. The predicted molar refractivity (Wildman–Crippen MR) is 94.9 cm³/mol. The minimum Gasteiger partial charge on any atom is -0.494 e. The fourth-order valence-corrected chi connectivity index (χ4v) is 3.27. The lowest BCUT2D eigenvalue weighted by atomic mass is 10.0. The Morgan fingerprint density at radius 1 is 1.17 bits per heavy atom. The van der Waals surface area contributed by atoms with Crippen molar-refractivity contribution in [2.75, 3.05) is 20.2 Å². The third-order valence-corrected chi connectivity index (χ3v) is 4.74. The number of rotatable bonds is 5. The lowest BCUT2D eigenvalue weighted by Gasteiger charge is -2.27. The highest BCUT2D eigenvalue weighted by molar-refractivity contribution is 6.37. The molecular weight excluding hydrogens is 351 g/mol. The van der Waals surface area contributed by atoms with E-state index in [1.54, 1.807) is 11.0 Å². The summed E-state index contributed by atoms with van der Waals surface area (Å²) in [5, 5.41) is 3.32. The van der Waals surface area contributed by atoms with Crippen LogP contribution in [0.5, 0.6) is 5.75 Å². The normalized spacial score (nSPS) is 15.5. The van der Waals surface area contributed by atoms with Gasteiger partial charge in [0.15, 0.2) is 5.75 Å². The summed E-state index contributed by atoms with van der Waals surface area (Å²) in [5.41, 5.74) is 0.145. The molecule has 24 heavy (non-hydrogen) atoms. The summed E-state index contributed by atoms with van der Waals surface area (Å²) < 4.78 is 5.21. The van der Waals surface area contributed by atoms with Gasteiger partial charge < -0.3 is 15.0 Å². The zero-order valence-electron chi connectivity index (χ0n) is 14.1. The first-order valence-electron chi connectivity index (χ1n) is 7.98. The highest BCUT2D eigenvalue weighted by atomic mass is 35.5. The molecular formula is C17H22Cl2N2O3. The largest absolute Gasteiger partial charge is 0.494 e. The molecule has 2 amide bonds. The van der Waals surface area contributed by atoms with Gasteiger partial charge in [0.05, 0.1) is 17.2 Å². The van der Waals surface area contributed by atoms with Crippen molar-refractivity contribution in [2.45, 2.75) is 32.7 Å². The molecule has 0 aromatic heterocycles. The van der Waals surface area contributed by atoms with Gasteiger partial charge in [0.1, 0.15) is 11.6 Å². The zero-order valence-corrected chi connectivity index (χ0v) is 15.6. The second-order valence-corrected chi connectivity index (χ2v) is 6.98. The lowest BCUT2D eigenvalue weighted by Crippen LogP contribution is -2.50. The number of carbonyl (C=O) groups is 2. The number of nitrogens with zero attached hydrogens (tertiary/aromatic N) is 1. The maximum absolute atomic E-state index is 12.7. The monoisotopic (exact) mass is 372 g/mol. The molecule has 7 heteroatoms. The van der Waals surface area contributed by atoms with Gasteiger partial charge in [-0.25, -0.2) is 0 Å². The van der Waals surface area contributed by atoms with Crippen LogP contribution < -0.4 is 10.1 Å². The number of amides is 2. The SMILES string of the molecule is COc1c(Cl)ccc(Cl)c1C(=O)N[C@H](C(=O)N1CCCC1)C(C)C. The standard InChI is InChI=1S/C17H22Cl2N2O3/c1-10(2)14(17(23)21-8-4-5-9-21)20-16(22)13-11(18)6-7-12(19)15(13)24-3/h6-7,10,14H,4-5,8-9H2,1-3H3,(H,20,22)/t14-/m0/s1. The molecule has 0 unspecified atom stereocenters. The third-order valence-electron chi connectivity index (χ3n) is 4.13. The number of likely N-dealkylation sites (tertiary alicyclic amines) is 1. The van der Waals surface area contributed by atoms with E-state index in [1.165, 1.54) is 13.2 Å². The molecule has 1 N–H and O–H groups in total. The molecule has 1 heterocycles. The number of carbonyl (C=O) groups excluding carboxylic acids is 2. The fraction of sp³-hybridized carbons (Fsp3) is 0.529. The molecule has 1 aromatic carbocycles. The molecule has 0 spiro atoms. The summed E-state index contributed by atoms with van der Waals surface area (Å²) >= 11 is 12.2. The molecule has 1 aliphatic rings. The molecule has 1 saturated heterocycles. The first kappa shape index (κ1) is 18.9. The van der Waals surface area contributed by atoms with Gasteiger partial charge in [-0.3, -0.25) is 9.59 Å². The molecule has 2 rings (SSSR count). The van der Waals surface area contributed by atoms with E-state index in [0.29, 0.717) is 5.02 Å². The highest BCUT2D eigenvalue weighted by Gasteiger charge is 2.31. The van der Waals surface area contributed by atoms with Crippen molar-refractivity contribution in [1.29, 1.82) is 0 Å². The molecule has 5 nitrogen and oxygen atoms in total. The van der Waals surface area contributed by atoms with Crippen LogP contribution in [-0.4, -0.2) is 43.0 Å². The van der Waals surface area contributed by atoms with Gasteiger partial charge >= 0.3 is 0 Å². The lowest BCUT2D eigenvalue weighted by molar-refractivity contribution is -0.133. The maximum atomic E-state index is 12.7. The predicted octanol–water partition coefficient (Wildman–Crippen LogP) is 3.38. The van der Waals surface area contributed by atoms with Crippen LogP contribution in [0.25, 0.3) is 0 Å². The van der Waals surface area contributed by atoms with Gasteiger partial charge in [-0.1, -0.05) is 37.0 Å². The Morgan fingerprint density at radius 3 is 2.29 bits per heavy atom. The summed E-state index contributed by atoms with van der Waals surface area (Å²) in [5.74, 6) is -0.373. The Hall–Kier alpha value is -1.46. The summed E-state index contributed by atoms with van der Waals surface area (Å²) in [6.07, 6.45) is 2.00. The second-order valence-electron chi connectivity index (χ2n) is 6.16. The number of ether oxygens (including phenoxy) is 1. The van der Waals surface area contributed by atoms with Crippen molar-refractivity contribution in [3.05, 3.63) is 27.7 Å². The Kier molecular flexibility index (Phi) is 6.35. The van der Waals surface area contributed by atoms with Crippen molar-refractivity contribution >= 4 is 35.0 Å².